The molecule has 0 radical (unpaired) electrons. The number of benzene rings is 1. The van der Waals surface area contributed by atoms with E-state index in [9.17, 15) is 8.42 Å². The Labute approximate surface area is 158 Å². The molecule has 1 aromatic carbocycles. The van der Waals surface area contributed by atoms with Crippen molar-refractivity contribution < 1.29 is 27.6 Å². The predicted molar refractivity (Wildman–Crippen MR) is 98.0 cm³/mol. The molecule has 2 heterocycles. The molecule has 0 spiro atoms. The number of sulfonamides is 1. The van der Waals surface area contributed by atoms with Gasteiger partial charge in [0, 0.05) is 38.2 Å². The van der Waals surface area contributed by atoms with Gasteiger partial charge in [-0.1, -0.05) is 5.16 Å². The van der Waals surface area contributed by atoms with Crippen molar-refractivity contribution >= 4 is 16.0 Å². The maximum Gasteiger partial charge on any atom is 0.300 e. The van der Waals surface area contributed by atoms with Crippen molar-refractivity contribution in [1.82, 2.24) is 14.8 Å². The summed E-state index contributed by atoms with van der Waals surface area (Å²) in [6.45, 7) is 3.48. The summed E-state index contributed by atoms with van der Waals surface area (Å²) in [7, 11) is -2.17. The smallest absolute Gasteiger partial charge is 0.300 e. The van der Waals surface area contributed by atoms with E-state index in [4.69, 9.17) is 19.2 Å². The summed E-state index contributed by atoms with van der Waals surface area (Å²) >= 11 is 0. The van der Waals surface area contributed by atoms with Gasteiger partial charge in [-0.25, -0.2) is 8.42 Å². The molecule has 1 aromatic heterocycles. The lowest BCUT2D eigenvalue weighted by atomic mass is 10.2. The highest BCUT2D eigenvalue weighted by atomic mass is 32.2. The van der Waals surface area contributed by atoms with Crippen molar-refractivity contribution in [2.75, 3.05) is 33.3 Å². The van der Waals surface area contributed by atoms with Gasteiger partial charge in [0.05, 0.1) is 13.3 Å². The van der Waals surface area contributed by atoms with Crippen LogP contribution in [0.1, 0.15) is 13.3 Å². The Morgan fingerprint density at radius 2 is 2.04 bits per heavy atom. The number of rotatable bonds is 4. The highest BCUT2D eigenvalue weighted by Gasteiger charge is 2.28. The summed E-state index contributed by atoms with van der Waals surface area (Å²) in [6.07, 6.45) is 2.30. The largest absolute Gasteiger partial charge is 0.495 e. The van der Waals surface area contributed by atoms with E-state index in [2.05, 4.69) is 10.5 Å². The van der Waals surface area contributed by atoms with Crippen molar-refractivity contribution in [1.29, 1.82) is 0 Å². The average molecular weight is 397 g/mol. The Hall–Kier alpha value is -2.43. The van der Waals surface area contributed by atoms with Crippen molar-refractivity contribution in [2.45, 2.75) is 18.2 Å². The number of ether oxygens (including phenoxy) is 1. The van der Waals surface area contributed by atoms with Crippen LogP contribution in [-0.4, -0.2) is 62.2 Å². The Balaban J connectivity index is 0.000000596. The Morgan fingerprint density at radius 3 is 2.67 bits per heavy atom. The summed E-state index contributed by atoms with van der Waals surface area (Å²) in [5, 5.41) is 14.3. The standard InChI is InChI=1S/C15H19N3O4S.C2H4O2/c1-21-14-4-3-12(13-5-7-17-22-13)11-15(14)23(19,20)18-9-2-6-16-8-10-18;1-2(3)4/h3-5,7,11,16H,2,6,8-10H2,1H3;1H3,(H,3,4). The second-order valence-electron chi connectivity index (χ2n) is 5.77. The van der Waals surface area contributed by atoms with Crippen LogP contribution in [0.15, 0.2) is 39.9 Å². The molecule has 1 saturated heterocycles. The van der Waals surface area contributed by atoms with Gasteiger partial charge in [0.15, 0.2) is 5.76 Å². The number of nitrogens with one attached hydrogen (secondary N) is 1. The summed E-state index contributed by atoms with van der Waals surface area (Å²) in [5.41, 5.74) is 0.648. The summed E-state index contributed by atoms with van der Waals surface area (Å²) in [5.74, 6) is 0.00658. The van der Waals surface area contributed by atoms with E-state index >= 15 is 0 Å². The molecule has 0 bridgehead atoms. The first kappa shape index (κ1) is 20.9. The van der Waals surface area contributed by atoms with Crippen molar-refractivity contribution in [3.05, 3.63) is 30.5 Å². The molecule has 0 aliphatic carbocycles. The first-order valence-corrected chi connectivity index (χ1v) is 9.79. The Morgan fingerprint density at radius 1 is 1.30 bits per heavy atom. The minimum Gasteiger partial charge on any atom is -0.495 e. The summed E-state index contributed by atoms with van der Waals surface area (Å²) in [6, 6.07) is 6.66. The van der Waals surface area contributed by atoms with Crippen molar-refractivity contribution in [3.63, 3.8) is 0 Å². The molecular weight excluding hydrogens is 374 g/mol. The van der Waals surface area contributed by atoms with Gasteiger partial charge in [0.2, 0.25) is 10.0 Å². The molecule has 1 aliphatic heterocycles. The van der Waals surface area contributed by atoms with Gasteiger partial charge in [-0.3, -0.25) is 4.79 Å². The number of nitrogens with zero attached hydrogens (tertiary/aromatic N) is 2. The molecule has 2 N–H and O–H groups in total. The first-order chi connectivity index (χ1) is 12.9. The number of carbonyl (C=O) groups is 1. The van der Waals surface area contributed by atoms with Crippen LogP contribution in [0.5, 0.6) is 5.75 Å². The molecule has 2 aromatic rings. The minimum atomic E-state index is -3.64. The first-order valence-electron chi connectivity index (χ1n) is 8.35. The molecule has 0 amide bonds. The molecule has 0 saturated carbocycles. The van der Waals surface area contributed by atoms with Crippen LogP contribution in [0, 0.1) is 0 Å². The summed E-state index contributed by atoms with van der Waals surface area (Å²) in [4.78, 5) is 9.15. The van der Waals surface area contributed by atoms with E-state index in [0.717, 1.165) is 19.9 Å². The van der Waals surface area contributed by atoms with Crippen molar-refractivity contribution in [2.24, 2.45) is 0 Å². The van der Waals surface area contributed by atoms with Gasteiger partial charge in [0.25, 0.3) is 5.97 Å². The van der Waals surface area contributed by atoms with Crippen LogP contribution in [0.4, 0.5) is 0 Å². The average Bonchev–Trinajstić information content (AvgIpc) is 3.02. The molecule has 1 fully saturated rings. The molecule has 27 heavy (non-hydrogen) atoms. The van der Waals surface area contributed by atoms with Gasteiger partial charge in [-0.2, -0.15) is 4.31 Å². The quantitative estimate of drug-likeness (QED) is 0.794. The SMILES string of the molecule is CC(=O)O.COc1ccc(-c2ccno2)cc1S(=O)(=O)N1CCCNCC1. The van der Waals surface area contributed by atoms with Gasteiger partial charge in [-0.15, -0.1) is 0 Å². The lowest BCUT2D eigenvalue weighted by Gasteiger charge is -2.21. The number of aliphatic carboxylic acids is 1. The minimum absolute atomic E-state index is 0.149. The van der Waals surface area contributed by atoms with Crippen LogP contribution in [0.2, 0.25) is 0 Å². The molecule has 148 valence electrons. The topological polar surface area (TPSA) is 122 Å². The van der Waals surface area contributed by atoms with Gasteiger partial charge in [0.1, 0.15) is 10.6 Å². The van der Waals surface area contributed by atoms with Crippen LogP contribution in [0.25, 0.3) is 11.3 Å². The zero-order valence-electron chi connectivity index (χ0n) is 15.2. The number of aromatic nitrogens is 1. The van der Waals surface area contributed by atoms with E-state index < -0.39 is 16.0 Å². The van der Waals surface area contributed by atoms with E-state index in [0.29, 0.717) is 36.7 Å². The zero-order valence-corrected chi connectivity index (χ0v) is 16.0. The fraction of sp³-hybridized carbons (Fsp3) is 0.412. The van der Waals surface area contributed by atoms with E-state index in [1.807, 2.05) is 0 Å². The number of carboxylic acid groups (broad SMARTS) is 1. The van der Waals surface area contributed by atoms with E-state index in [1.54, 1.807) is 24.3 Å². The molecule has 10 heteroatoms. The fourth-order valence-electron chi connectivity index (χ4n) is 2.60. The highest BCUT2D eigenvalue weighted by molar-refractivity contribution is 7.89. The third-order valence-corrected chi connectivity index (χ3v) is 5.72. The third-order valence-electron chi connectivity index (χ3n) is 3.80. The lowest BCUT2D eigenvalue weighted by Crippen LogP contribution is -2.34. The maximum atomic E-state index is 13.0. The maximum absolute atomic E-state index is 13.0. The molecule has 9 nitrogen and oxygen atoms in total. The third kappa shape index (κ3) is 5.52. The van der Waals surface area contributed by atoms with Crippen LogP contribution in [0.3, 0.4) is 0 Å². The zero-order chi connectivity index (χ0) is 19.9. The second kappa shape index (κ2) is 9.49. The van der Waals surface area contributed by atoms with E-state index in [1.165, 1.54) is 17.6 Å². The molecule has 0 atom stereocenters. The van der Waals surface area contributed by atoms with Crippen molar-refractivity contribution in [3.8, 4) is 17.1 Å². The van der Waals surface area contributed by atoms with Gasteiger partial charge >= 0.3 is 0 Å². The lowest BCUT2D eigenvalue weighted by molar-refractivity contribution is -0.134. The second-order valence-corrected chi connectivity index (χ2v) is 7.68. The number of carboxylic acids is 1. The van der Waals surface area contributed by atoms with Gasteiger partial charge < -0.3 is 19.7 Å². The Bertz CT molecular complexity index is 840. The van der Waals surface area contributed by atoms with E-state index in [-0.39, 0.29) is 4.90 Å². The predicted octanol–water partition coefficient (Wildman–Crippen LogP) is 1.43. The number of hydrogen-bond acceptors (Lipinski definition) is 7. The van der Waals surface area contributed by atoms with Gasteiger partial charge in [-0.05, 0) is 31.2 Å². The number of hydrogen-bond donors (Lipinski definition) is 2. The highest BCUT2D eigenvalue weighted by Crippen LogP contribution is 2.32. The van der Waals surface area contributed by atoms with Crippen LogP contribution >= 0.6 is 0 Å². The molecular formula is C17H23N3O6S. The summed E-state index contributed by atoms with van der Waals surface area (Å²) < 4.78 is 37.9. The Kier molecular flexibility index (Phi) is 7.34. The fourth-order valence-corrected chi connectivity index (χ4v) is 4.26. The normalized spacial score (nSPS) is 15.3. The van der Waals surface area contributed by atoms with Crippen LogP contribution in [-0.2, 0) is 14.8 Å². The molecule has 3 rings (SSSR count). The number of methoxy groups -OCH3 is 1. The molecule has 0 unspecified atom stereocenters. The van der Waals surface area contributed by atoms with Crippen LogP contribution < -0.4 is 10.1 Å². The monoisotopic (exact) mass is 397 g/mol. The molecule has 1 aliphatic rings.